The highest BCUT2D eigenvalue weighted by atomic mass is 16.3. The van der Waals surface area contributed by atoms with E-state index in [1.807, 2.05) is 18.2 Å². The zero-order valence-electron chi connectivity index (χ0n) is 12.8. The van der Waals surface area contributed by atoms with E-state index in [2.05, 4.69) is 24.1 Å². The van der Waals surface area contributed by atoms with Gasteiger partial charge in [-0.15, -0.1) is 0 Å². The predicted octanol–water partition coefficient (Wildman–Crippen LogP) is 3.09. The van der Waals surface area contributed by atoms with Gasteiger partial charge in [0.25, 0.3) is 0 Å². The van der Waals surface area contributed by atoms with Crippen molar-refractivity contribution in [1.82, 2.24) is 4.98 Å². The van der Waals surface area contributed by atoms with Gasteiger partial charge in [-0.05, 0) is 43.0 Å². The lowest BCUT2D eigenvalue weighted by molar-refractivity contribution is -0.117. The molecule has 1 aromatic heterocycles. The molecule has 0 aliphatic carbocycles. The van der Waals surface area contributed by atoms with Crippen LogP contribution in [0, 0.1) is 18.8 Å². The lowest BCUT2D eigenvalue weighted by atomic mass is 9.94. The van der Waals surface area contributed by atoms with Crippen molar-refractivity contribution in [2.45, 2.75) is 33.6 Å². The van der Waals surface area contributed by atoms with Crippen LogP contribution < -0.4 is 11.1 Å². The Labute approximate surface area is 124 Å². The smallest absolute Gasteiger partial charge is 0.224 e. The van der Waals surface area contributed by atoms with E-state index in [1.54, 1.807) is 6.92 Å². The molecule has 0 saturated heterocycles. The average molecular weight is 289 g/mol. The largest absolute Gasteiger partial charge is 0.441 e. The van der Waals surface area contributed by atoms with Crippen molar-refractivity contribution in [2.24, 2.45) is 17.6 Å². The minimum atomic E-state index is -0.00864. The van der Waals surface area contributed by atoms with E-state index in [0.29, 0.717) is 24.8 Å². The van der Waals surface area contributed by atoms with Crippen LogP contribution in [0.1, 0.15) is 32.6 Å². The third kappa shape index (κ3) is 4.29. The van der Waals surface area contributed by atoms with Crippen molar-refractivity contribution in [3.8, 4) is 0 Å². The second-order valence-corrected chi connectivity index (χ2v) is 5.90. The zero-order valence-corrected chi connectivity index (χ0v) is 12.8. The van der Waals surface area contributed by atoms with Crippen molar-refractivity contribution < 1.29 is 9.21 Å². The van der Waals surface area contributed by atoms with Gasteiger partial charge in [0.2, 0.25) is 5.91 Å². The standard InChI is InChI=1S/C16H23N3O2/c1-10(2)6-12(9-17)7-16(20)19-13-4-5-15-14(8-13)18-11(3)21-15/h4-5,8,10,12H,6-7,9,17H2,1-3H3,(H,19,20). The first-order valence-corrected chi connectivity index (χ1v) is 7.35. The molecule has 2 rings (SSSR count). The Balaban J connectivity index is 2.00. The summed E-state index contributed by atoms with van der Waals surface area (Å²) in [6, 6.07) is 5.47. The SMILES string of the molecule is Cc1nc2cc(NC(=O)CC(CN)CC(C)C)ccc2o1. The second kappa shape index (κ2) is 6.72. The van der Waals surface area contributed by atoms with Crippen molar-refractivity contribution in [1.29, 1.82) is 0 Å². The molecule has 114 valence electrons. The van der Waals surface area contributed by atoms with Crippen LogP contribution in [-0.4, -0.2) is 17.4 Å². The third-order valence-electron chi connectivity index (χ3n) is 3.39. The Morgan fingerprint density at radius 1 is 1.43 bits per heavy atom. The Morgan fingerprint density at radius 3 is 2.86 bits per heavy atom. The van der Waals surface area contributed by atoms with E-state index >= 15 is 0 Å². The van der Waals surface area contributed by atoms with E-state index in [4.69, 9.17) is 10.2 Å². The molecular weight excluding hydrogens is 266 g/mol. The highest BCUT2D eigenvalue weighted by molar-refractivity contribution is 5.92. The number of amides is 1. The van der Waals surface area contributed by atoms with Crippen LogP contribution in [0.25, 0.3) is 11.1 Å². The number of rotatable bonds is 6. The number of nitrogens with zero attached hydrogens (tertiary/aromatic N) is 1. The Bertz CT molecular complexity index is 619. The molecular formula is C16H23N3O2. The third-order valence-corrected chi connectivity index (χ3v) is 3.39. The van der Waals surface area contributed by atoms with Gasteiger partial charge in [-0.1, -0.05) is 13.8 Å². The van der Waals surface area contributed by atoms with Gasteiger partial charge in [0, 0.05) is 19.0 Å². The number of anilines is 1. The molecule has 1 heterocycles. The molecule has 1 aromatic carbocycles. The molecule has 5 nitrogen and oxygen atoms in total. The fourth-order valence-electron chi connectivity index (χ4n) is 2.52. The summed E-state index contributed by atoms with van der Waals surface area (Å²) in [7, 11) is 0. The van der Waals surface area contributed by atoms with Gasteiger partial charge in [-0.2, -0.15) is 0 Å². The molecule has 2 aromatic rings. The van der Waals surface area contributed by atoms with Gasteiger partial charge in [-0.3, -0.25) is 4.79 Å². The average Bonchev–Trinajstić information content (AvgIpc) is 2.76. The summed E-state index contributed by atoms with van der Waals surface area (Å²) in [5.41, 5.74) is 7.95. The van der Waals surface area contributed by atoms with E-state index in [0.717, 1.165) is 23.2 Å². The molecule has 1 atom stereocenters. The lowest BCUT2D eigenvalue weighted by Crippen LogP contribution is -2.23. The van der Waals surface area contributed by atoms with Crippen molar-refractivity contribution >= 4 is 22.7 Å². The number of fused-ring (bicyclic) bond motifs is 1. The normalized spacial score (nSPS) is 12.8. The highest BCUT2D eigenvalue weighted by Crippen LogP contribution is 2.21. The number of carbonyl (C=O) groups excluding carboxylic acids is 1. The topological polar surface area (TPSA) is 81.2 Å². The first-order valence-electron chi connectivity index (χ1n) is 7.35. The summed E-state index contributed by atoms with van der Waals surface area (Å²) in [6.07, 6.45) is 1.41. The van der Waals surface area contributed by atoms with Gasteiger partial charge >= 0.3 is 0 Å². The van der Waals surface area contributed by atoms with E-state index in [1.165, 1.54) is 0 Å². The highest BCUT2D eigenvalue weighted by Gasteiger charge is 2.14. The zero-order chi connectivity index (χ0) is 15.4. The minimum Gasteiger partial charge on any atom is -0.441 e. The maximum Gasteiger partial charge on any atom is 0.224 e. The fourth-order valence-corrected chi connectivity index (χ4v) is 2.52. The van der Waals surface area contributed by atoms with Gasteiger partial charge < -0.3 is 15.5 Å². The molecule has 0 radical (unpaired) electrons. The number of aromatic nitrogens is 1. The van der Waals surface area contributed by atoms with Crippen LogP contribution in [0.15, 0.2) is 22.6 Å². The van der Waals surface area contributed by atoms with Crippen LogP contribution in [0.4, 0.5) is 5.69 Å². The molecule has 5 heteroatoms. The quantitative estimate of drug-likeness (QED) is 0.856. The number of benzene rings is 1. The number of hydrogen-bond donors (Lipinski definition) is 2. The first-order chi connectivity index (χ1) is 9.97. The summed E-state index contributed by atoms with van der Waals surface area (Å²) >= 11 is 0. The van der Waals surface area contributed by atoms with Crippen LogP contribution in [0.3, 0.4) is 0 Å². The molecule has 0 aliphatic heterocycles. The van der Waals surface area contributed by atoms with Crippen LogP contribution in [0.5, 0.6) is 0 Å². The maximum atomic E-state index is 12.1. The molecule has 1 unspecified atom stereocenters. The number of aryl methyl sites for hydroxylation is 1. The van der Waals surface area contributed by atoms with Crippen molar-refractivity contribution in [2.75, 3.05) is 11.9 Å². The number of hydrogen-bond acceptors (Lipinski definition) is 4. The molecule has 3 N–H and O–H groups in total. The monoisotopic (exact) mass is 289 g/mol. The molecule has 0 bridgehead atoms. The summed E-state index contributed by atoms with van der Waals surface area (Å²) in [6.45, 7) is 6.62. The predicted molar refractivity (Wildman–Crippen MR) is 84.0 cm³/mol. The molecule has 0 aliphatic rings. The molecule has 0 saturated carbocycles. The molecule has 0 spiro atoms. The summed E-state index contributed by atoms with van der Waals surface area (Å²) in [4.78, 5) is 16.4. The minimum absolute atomic E-state index is 0.00864. The fraction of sp³-hybridized carbons (Fsp3) is 0.500. The summed E-state index contributed by atoms with van der Waals surface area (Å²) < 4.78 is 5.41. The van der Waals surface area contributed by atoms with Crippen molar-refractivity contribution in [3.05, 3.63) is 24.1 Å². The van der Waals surface area contributed by atoms with Gasteiger partial charge in [0.05, 0.1) is 0 Å². The Kier molecular flexibility index (Phi) is 4.96. The van der Waals surface area contributed by atoms with E-state index < -0.39 is 0 Å². The van der Waals surface area contributed by atoms with Gasteiger partial charge in [0.1, 0.15) is 5.52 Å². The lowest BCUT2D eigenvalue weighted by Gasteiger charge is -2.16. The number of nitrogens with one attached hydrogen (secondary N) is 1. The van der Waals surface area contributed by atoms with Crippen molar-refractivity contribution in [3.63, 3.8) is 0 Å². The van der Waals surface area contributed by atoms with Gasteiger partial charge in [0.15, 0.2) is 11.5 Å². The molecule has 0 fully saturated rings. The van der Waals surface area contributed by atoms with E-state index in [-0.39, 0.29) is 11.8 Å². The Hall–Kier alpha value is -1.88. The number of nitrogens with two attached hydrogens (primary N) is 1. The summed E-state index contributed by atoms with van der Waals surface area (Å²) in [5, 5.41) is 2.91. The first kappa shape index (κ1) is 15.5. The number of carbonyl (C=O) groups is 1. The van der Waals surface area contributed by atoms with Gasteiger partial charge in [-0.25, -0.2) is 4.98 Å². The Morgan fingerprint density at radius 2 is 2.19 bits per heavy atom. The number of oxazole rings is 1. The van der Waals surface area contributed by atoms with Crippen LogP contribution in [0.2, 0.25) is 0 Å². The van der Waals surface area contributed by atoms with Crippen LogP contribution >= 0.6 is 0 Å². The van der Waals surface area contributed by atoms with E-state index in [9.17, 15) is 4.79 Å². The second-order valence-electron chi connectivity index (χ2n) is 5.90. The maximum absolute atomic E-state index is 12.1. The molecule has 1 amide bonds. The van der Waals surface area contributed by atoms with Crippen LogP contribution in [-0.2, 0) is 4.79 Å². The summed E-state index contributed by atoms with van der Waals surface area (Å²) in [5.74, 6) is 1.38. The molecule has 21 heavy (non-hydrogen) atoms.